The smallest absolute Gasteiger partial charge is 0.319 e. The van der Waals surface area contributed by atoms with Crippen molar-refractivity contribution in [2.75, 3.05) is 31.2 Å². The molecule has 1 heterocycles. The molecule has 1 fully saturated rings. The fraction of sp³-hybridized carbons (Fsp3) is 0.318. The van der Waals surface area contributed by atoms with E-state index < -0.39 is 0 Å². The summed E-state index contributed by atoms with van der Waals surface area (Å²) in [6, 6.07) is 17.2. The molecule has 0 bridgehead atoms. The van der Waals surface area contributed by atoms with Gasteiger partial charge in [0.15, 0.2) is 0 Å². The van der Waals surface area contributed by atoms with E-state index >= 15 is 0 Å². The van der Waals surface area contributed by atoms with Gasteiger partial charge in [0, 0.05) is 18.8 Å². The van der Waals surface area contributed by atoms with Gasteiger partial charge >= 0.3 is 6.03 Å². The van der Waals surface area contributed by atoms with Gasteiger partial charge < -0.3 is 15.5 Å². The maximum Gasteiger partial charge on any atom is 0.319 e. The Bertz CT molecular complexity index is 858. The molecule has 4 amide bonds. The monoisotopic (exact) mass is 426 g/mol. The molecule has 2 aromatic carbocycles. The van der Waals surface area contributed by atoms with Crippen LogP contribution in [0.1, 0.15) is 17.5 Å². The van der Waals surface area contributed by atoms with Gasteiger partial charge in [0.05, 0.1) is 12.3 Å². The fourth-order valence-electron chi connectivity index (χ4n) is 3.11. The van der Waals surface area contributed by atoms with Crippen LogP contribution in [0.15, 0.2) is 54.6 Å². The molecular formula is C22H26N4O3S. The van der Waals surface area contributed by atoms with E-state index in [9.17, 15) is 14.4 Å². The van der Waals surface area contributed by atoms with E-state index in [0.717, 1.165) is 36.8 Å². The van der Waals surface area contributed by atoms with Gasteiger partial charge in [0.2, 0.25) is 5.91 Å². The highest BCUT2D eigenvalue weighted by atomic mass is 32.2. The Morgan fingerprint density at radius 3 is 2.47 bits per heavy atom. The van der Waals surface area contributed by atoms with E-state index in [1.807, 2.05) is 18.2 Å². The van der Waals surface area contributed by atoms with Crippen molar-refractivity contribution in [3.63, 3.8) is 0 Å². The highest BCUT2D eigenvalue weighted by Crippen LogP contribution is 2.21. The Morgan fingerprint density at radius 2 is 1.80 bits per heavy atom. The van der Waals surface area contributed by atoms with E-state index in [4.69, 9.17) is 0 Å². The number of carbonyl (C=O) groups excluding carboxylic acids is 3. The third-order valence-corrected chi connectivity index (χ3v) is 5.55. The van der Waals surface area contributed by atoms with Crippen molar-refractivity contribution in [2.24, 2.45) is 0 Å². The van der Waals surface area contributed by atoms with E-state index in [-0.39, 0.29) is 29.5 Å². The van der Waals surface area contributed by atoms with Gasteiger partial charge in [-0.2, -0.15) is 0 Å². The second-order valence-electron chi connectivity index (χ2n) is 7.19. The molecule has 0 saturated carbocycles. The maximum atomic E-state index is 12.1. The summed E-state index contributed by atoms with van der Waals surface area (Å²) in [7, 11) is 2.07. The van der Waals surface area contributed by atoms with Crippen LogP contribution in [0, 0.1) is 0 Å². The Kier molecular flexibility index (Phi) is 7.87. The maximum absolute atomic E-state index is 12.1. The van der Waals surface area contributed by atoms with E-state index in [1.54, 1.807) is 24.3 Å². The van der Waals surface area contributed by atoms with Crippen LogP contribution in [0.4, 0.5) is 15.3 Å². The van der Waals surface area contributed by atoms with Crippen LogP contribution in [0.2, 0.25) is 0 Å². The summed E-state index contributed by atoms with van der Waals surface area (Å²) in [5.41, 5.74) is 2.77. The fourth-order valence-corrected chi connectivity index (χ4v) is 3.84. The first-order chi connectivity index (χ1) is 14.5. The number of thioether (sulfide) groups is 1. The number of hydrogen-bond acceptors (Lipinski definition) is 5. The van der Waals surface area contributed by atoms with E-state index in [2.05, 4.69) is 34.7 Å². The van der Waals surface area contributed by atoms with Crippen molar-refractivity contribution < 1.29 is 14.4 Å². The lowest BCUT2D eigenvalue weighted by Crippen LogP contribution is -2.31. The number of benzene rings is 2. The van der Waals surface area contributed by atoms with Gasteiger partial charge in [-0.05, 0) is 43.3 Å². The molecule has 2 aromatic rings. The molecule has 0 radical (unpaired) electrons. The molecule has 0 unspecified atom stereocenters. The number of hydrogen-bond donors (Lipinski definition) is 2. The standard InChI is InChI=1S/C22H26N4O3S/c1-25(14-17-6-3-2-4-7-17)13-5-12-23-21(28)24-19-10-8-18(9-11-19)15-26-20(27)16-30-22(26)29/h2-4,6-11H,5,12-16H2,1H3,(H2,23,24,28). The molecule has 0 atom stereocenters. The lowest BCUT2D eigenvalue weighted by Gasteiger charge is -2.17. The number of nitrogens with zero attached hydrogens (tertiary/aromatic N) is 2. The lowest BCUT2D eigenvalue weighted by atomic mass is 10.2. The third kappa shape index (κ3) is 6.60. The number of amides is 4. The van der Waals surface area contributed by atoms with Crippen molar-refractivity contribution in [3.05, 3.63) is 65.7 Å². The first-order valence-electron chi connectivity index (χ1n) is 9.84. The Morgan fingerprint density at radius 1 is 1.07 bits per heavy atom. The Hall–Kier alpha value is -2.84. The second-order valence-corrected chi connectivity index (χ2v) is 8.12. The van der Waals surface area contributed by atoms with E-state index in [0.29, 0.717) is 12.2 Å². The molecule has 2 N–H and O–H groups in total. The Balaban J connectivity index is 1.34. The van der Waals surface area contributed by atoms with Gasteiger partial charge in [-0.3, -0.25) is 14.5 Å². The summed E-state index contributed by atoms with van der Waals surface area (Å²) in [4.78, 5) is 38.9. The molecule has 158 valence electrons. The quantitative estimate of drug-likeness (QED) is 0.600. The minimum Gasteiger partial charge on any atom is -0.338 e. The van der Waals surface area contributed by atoms with Crippen molar-refractivity contribution in [2.45, 2.75) is 19.5 Å². The summed E-state index contributed by atoms with van der Waals surface area (Å²) < 4.78 is 0. The minimum atomic E-state index is -0.255. The van der Waals surface area contributed by atoms with Crippen LogP contribution in [-0.4, -0.2) is 52.9 Å². The molecule has 8 heteroatoms. The first-order valence-corrected chi connectivity index (χ1v) is 10.8. The summed E-state index contributed by atoms with van der Waals surface area (Å²) >= 11 is 1.02. The average molecular weight is 427 g/mol. The van der Waals surface area contributed by atoms with Crippen LogP contribution in [0.5, 0.6) is 0 Å². The molecule has 30 heavy (non-hydrogen) atoms. The molecule has 7 nitrogen and oxygen atoms in total. The molecule has 1 saturated heterocycles. The number of urea groups is 1. The van der Waals surface area contributed by atoms with Gasteiger partial charge in [-0.15, -0.1) is 0 Å². The van der Waals surface area contributed by atoms with Gasteiger partial charge in [-0.25, -0.2) is 4.79 Å². The van der Waals surface area contributed by atoms with Gasteiger partial charge in [0.25, 0.3) is 5.24 Å². The molecule has 3 rings (SSSR count). The first kappa shape index (κ1) is 21.9. The van der Waals surface area contributed by atoms with Gasteiger partial charge in [0.1, 0.15) is 0 Å². The SMILES string of the molecule is CN(CCCNC(=O)Nc1ccc(CN2C(=O)CSC2=O)cc1)Cc1ccccc1. The number of nitrogens with one attached hydrogen (secondary N) is 2. The average Bonchev–Trinajstić information content (AvgIpc) is 3.05. The van der Waals surface area contributed by atoms with Crippen molar-refractivity contribution >= 4 is 34.6 Å². The predicted octanol–water partition coefficient (Wildman–Crippen LogP) is 3.53. The van der Waals surface area contributed by atoms with Crippen molar-refractivity contribution in [1.29, 1.82) is 0 Å². The highest BCUT2D eigenvalue weighted by molar-refractivity contribution is 8.14. The molecule has 1 aliphatic heterocycles. The van der Waals surface area contributed by atoms with Crippen molar-refractivity contribution in [1.82, 2.24) is 15.1 Å². The minimum absolute atomic E-state index is 0.166. The molecule has 0 spiro atoms. The second kappa shape index (κ2) is 10.8. The number of anilines is 1. The van der Waals surface area contributed by atoms with Crippen molar-refractivity contribution in [3.8, 4) is 0 Å². The van der Waals surface area contributed by atoms with Crippen LogP contribution >= 0.6 is 11.8 Å². The third-order valence-electron chi connectivity index (χ3n) is 4.69. The summed E-state index contributed by atoms with van der Waals surface area (Å²) in [6.07, 6.45) is 0.853. The summed E-state index contributed by atoms with van der Waals surface area (Å²) in [6.45, 7) is 2.61. The van der Waals surface area contributed by atoms with Crippen LogP contribution < -0.4 is 10.6 Å². The zero-order valence-electron chi connectivity index (χ0n) is 17.0. The molecule has 1 aliphatic rings. The zero-order valence-corrected chi connectivity index (χ0v) is 17.8. The van der Waals surface area contributed by atoms with Crippen LogP contribution in [-0.2, 0) is 17.9 Å². The molecule has 0 aliphatic carbocycles. The normalized spacial score (nSPS) is 13.7. The molecule has 0 aromatic heterocycles. The largest absolute Gasteiger partial charge is 0.338 e. The van der Waals surface area contributed by atoms with Gasteiger partial charge in [-0.1, -0.05) is 54.2 Å². The topological polar surface area (TPSA) is 81.8 Å². The zero-order chi connectivity index (χ0) is 21.3. The number of carbonyl (C=O) groups is 3. The number of imide groups is 1. The summed E-state index contributed by atoms with van der Waals surface area (Å²) in [5, 5.41) is 5.44. The summed E-state index contributed by atoms with van der Waals surface area (Å²) in [5.74, 6) is 0.0433. The van der Waals surface area contributed by atoms with Crippen LogP contribution in [0.3, 0.4) is 0 Å². The van der Waals surface area contributed by atoms with Crippen LogP contribution in [0.25, 0.3) is 0 Å². The number of rotatable bonds is 9. The molecular weight excluding hydrogens is 400 g/mol. The lowest BCUT2D eigenvalue weighted by molar-refractivity contribution is -0.125. The Labute approximate surface area is 180 Å². The highest BCUT2D eigenvalue weighted by Gasteiger charge is 2.29. The van der Waals surface area contributed by atoms with E-state index in [1.165, 1.54) is 10.5 Å². The predicted molar refractivity (Wildman–Crippen MR) is 119 cm³/mol.